The number of benzene rings is 1. The van der Waals surface area contributed by atoms with Gasteiger partial charge >= 0.3 is 0 Å². The fourth-order valence-electron chi connectivity index (χ4n) is 4.56. The zero-order valence-electron chi connectivity index (χ0n) is 18.8. The van der Waals surface area contributed by atoms with Crippen LogP contribution in [0.25, 0.3) is 11.0 Å². The standard InChI is InChI=1S/C25H32N4O2/c1-4-31-17-25(11-7-8-12-25)27-16-22-26-15-21-14-20(24(30)29(3)23(21)28-22)13-19-10-6-5-9-18(19)2/h5-6,9-10,14-15,27H,4,7-8,11-13,16-17H2,1-3H3. The lowest BCUT2D eigenvalue weighted by atomic mass is 9.99. The molecule has 6 nitrogen and oxygen atoms in total. The van der Waals surface area contributed by atoms with E-state index in [9.17, 15) is 4.79 Å². The molecular weight excluding hydrogens is 388 g/mol. The number of aryl methyl sites for hydroxylation is 2. The van der Waals surface area contributed by atoms with Crippen molar-refractivity contribution in [2.24, 2.45) is 7.05 Å². The maximum absolute atomic E-state index is 13.0. The minimum Gasteiger partial charge on any atom is -0.380 e. The van der Waals surface area contributed by atoms with Crippen LogP contribution < -0.4 is 10.9 Å². The molecule has 0 amide bonds. The average molecular weight is 421 g/mol. The Morgan fingerprint density at radius 3 is 2.71 bits per heavy atom. The minimum atomic E-state index is -0.00280. The highest BCUT2D eigenvalue weighted by Crippen LogP contribution is 2.30. The van der Waals surface area contributed by atoms with Crippen LogP contribution in [0.1, 0.15) is 55.1 Å². The Bertz CT molecular complexity index is 1120. The summed E-state index contributed by atoms with van der Waals surface area (Å²) < 4.78 is 7.39. The van der Waals surface area contributed by atoms with E-state index in [4.69, 9.17) is 9.72 Å². The lowest BCUT2D eigenvalue weighted by molar-refractivity contribution is 0.0773. The van der Waals surface area contributed by atoms with Crippen molar-refractivity contribution in [3.63, 3.8) is 0 Å². The Kier molecular flexibility index (Phi) is 6.49. The van der Waals surface area contributed by atoms with Crippen LogP contribution in [0.15, 0.2) is 41.3 Å². The van der Waals surface area contributed by atoms with Crippen LogP contribution in [0, 0.1) is 6.92 Å². The van der Waals surface area contributed by atoms with Crippen molar-refractivity contribution < 1.29 is 4.74 Å². The van der Waals surface area contributed by atoms with Crippen LogP contribution >= 0.6 is 0 Å². The largest absolute Gasteiger partial charge is 0.380 e. The fraction of sp³-hybridized carbons (Fsp3) is 0.480. The zero-order chi connectivity index (χ0) is 21.8. The van der Waals surface area contributed by atoms with Crippen molar-refractivity contribution >= 4 is 11.0 Å². The Labute approximate surface area is 183 Å². The van der Waals surface area contributed by atoms with Gasteiger partial charge in [0.2, 0.25) is 0 Å². The SMILES string of the molecule is CCOCC1(NCc2ncc3cc(Cc4ccccc4C)c(=O)n(C)c3n2)CCCC1. The Morgan fingerprint density at radius 1 is 1.19 bits per heavy atom. The second kappa shape index (κ2) is 9.28. The number of pyridine rings is 1. The van der Waals surface area contributed by atoms with Crippen LogP contribution in [0.5, 0.6) is 0 Å². The number of nitrogens with zero attached hydrogens (tertiary/aromatic N) is 3. The summed E-state index contributed by atoms with van der Waals surface area (Å²) in [5, 5.41) is 4.55. The number of aromatic nitrogens is 3. The van der Waals surface area contributed by atoms with Gasteiger partial charge < -0.3 is 10.1 Å². The van der Waals surface area contributed by atoms with Crippen LogP contribution in [0.3, 0.4) is 0 Å². The van der Waals surface area contributed by atoms with Gasteiger partial charge in [-0.15, -0.1) is 0 Å². The molecule has 0 aliphatic heterocycles. The molecule has 1 aromatic carbocycles. The summed E-state index contributed by atoms with van der Waals surface area (Å²) in [6.07, 6.45) is 7.11. The van der Waals surface area contributed by atoms with E-state index in [1.807, 2.05) is 31.3 Å². The highest BCUT2D eigenvalue weighted by Gasteiger charge is 2.33. The van der Waals surface area contributed by atoms with Crippen LogP contribution in [-0.2, 0) is 24.8 Å². The van der Waals surface area contributed by atoms with Gasteiger partial charge in [0.05, 0.1) is 13.2 Å². The minimum absolute atomic E-state index is 0.00280. The van der Waals surface area contributed by atoms with Gasteiger partial charge in [0, 0.05) is 42.8 Å². The number of hydrogen-bond donors (Lipinski definition) is 1. The van der Waals surface area contributed by atoms with E-state index in [1.165, 1.54) is 18.4 Å². The Morgan fingerprint density at radius 2 is 1.97 bits per heavy atom. The first-order valence-corrected chi connectivity index (χ1v) is 11.2. The summed E-state index contributed by atoms with van der Waals surface area (Å²) in [5.41, 5.74) is 3.80. The van der Waals surface area contributed by atoms with Crippen molar-refractivity contribution in [3.05, 3.63) is 69.4 Å². The third-order valence-corrected chi connectivity index (χ3v) is 6.48. The predicted molar refractivity (Wildman–Crippen MR) is 123 cm³/mol. The smallest absolute Gasteiger partial charge is 0.255 e. The highest BCUT2D eigenvalue weighted by molar-refractivity contribution is 5.74. The highest BCUT2D eigenvalue weighted by atomic mass is 16.5. The number of nitrogens with one attached hydrogen (secondary N) is 1. The molecule has 1 N–H and O–H groups in total. The van der Waals surface area contributed by atoms with E-state index in [1.54, 1.807) is 11.6 Å². The van der Waals surface area contributed by atoms with E-state index >= 15 is 0 Å². The summed E-state index contributed by atoms with van der Waals surface area (Å²) in [4.78, 5) is 22.3. The molecule has 6 heteroatoms. The second-order valence-electron chi connectivity index (χ2n) is 8.68. The van der Waals surface area contributed by atoms with E-state index in [0.29, 0.717) is 24.4 Å². The first-order valence-electron chi connectivity index (χ1n) is 11.2. The molecule has 3 aromatic rings. The van der Waals surface area contributed by atoms with Gasteiger partial charge in [0.15, 0.2) is 0 Å². The number of ether oxygens (including phenoxy) is 1. The topological polar surface area (TPSA) is 69.0 Å². The van der Waals surface area contributed by atoms with Gasteiger partial charge in [-0.2, -0.15) is 0 Å². The molecule has 164 valence electrons. The van der Waals surface area contributed by atoms with Gasteiger partial charge in [-0.05, 0) is 43.9 Å². The van der Waals surface area contributed by atoms with Crippen molar-refractivity contribution in [1.82, 2.24) is 19.9 Å². The molecule has 1 aliphatic rings. The summed E-state index contributed by atoms with van der Waals surface area (Å²) >= 11 is 0. The Hall–Kier alpha value is -2.57. The quantitative estimate of drug-likeness (QED) is 0.602. The summed E-state index contributed by atoms with van der Waals surface area (Å²) in [6, 6.07) is 10.1. The third kappa shape index (κ3) is 4.70. The van der Waals surface area contributed by atoms with Gasteiger partial charge in [-0.25, -0.2) is 9.97 Å². The number of hydrogen-bond acceptors (Lipinski definition) is 5. The van der Waals surface area contributed by atoms with Crippen molar-refractivity contribution in [3.8, 4) is 0 Å². The lowest BCUT2D eigenvalue weighted by Gasteiger charge is -2.30. The molecule has 0 saturated heterocycles. The first-order chi connectivity index (χ1) is 15.0. The molecule has 2 heterocycles. The second-order valence-corrected chi connectivity index (χ2v) is 8.68. The van der Waals surface area contributed by atoms with Gasteiger partial charge in [0.1, 0.15) is 11.5 Å². The van der Waals surface area contributed by atoms with Gasteiger partial charge in [-0.1, -0.05) is 37.1 Å². The summed E-state index contributed by atoms with van der Waals surface area (Å²) in [6.45, 7) is 6.12. The molecule has 2 aromatic heterocycles. The van der Waals surface area contributed by atoms with Crippen molar-refractivity contribution in [2.75, 3.05) is 13.2 Å². The normalized spacial score (nSPS) is 15.6. The molecule has 0 bridgehead atoms. The molecule has 4 rings (SSSR count). The number of fused-ring (bicyclic) bond motifs is 1. The molecule has 1 saturated carbocycles. The lowest BCUT2D eigenvalue weighted by Crippen LogP contribution is -2.46. The van der Waals surface area contributed by atoms with Crippen LogP contribution in [0.2, 0.25) is 0 Å². The summed E-state index contributed by atoms with van der Waals surface area (Å²) in [5.74, 6) is 0.705. The molecule has 0 atom stereocenters. The fourth-order valence-corrected chi connectivity index (χ4v) is 4.56. The molecule has 0 unspecified atom stereocenters. The maximum Gasteiger partial charge on any atom is 0.255 e. The van der Waals surface area contributed by atoms with Crippen LogP contribution in [0.4, 0.5) is 0 Å². The Balaban J connectivity index is 1.57. The van der Waals surface area contributed by atoms with Crippen molar-refractivity contribution in [2.45, 2.75) is 58.0 Å². The third-order valence-electron chi connectivity index (χ3n) is 6.48. The molecular formula is C25H32N4O2. The molecule has 0 radical (unpaired) electrons. The molecule has 1 fully saturated rings. The van der Waals surface area contributed by atoms with E-state index in [2.05, 4.69) is 29.4 Å². The maximum atomic E-state index is 13.0. The molecule has 0 spiro atoms. The zero-order valence-corrected chi connectivity index (χ0v) is 18.8. The van der Waals surface area contributed by atoms with Crippen molar-refractivity contribution in [1.29, 1.82) is 0 Å². The van der Waals surface area contributed by atoms with E-state index in [-0.39, 0.29) is 11.1 Å². The summed E-state index contributed by atoms with van der Waals surface area (Å²) in [7, 11) is 1.80. The monoisotopic (exact) mass is 420 g/mol. The van der Waals surface area contributed by atoms with Crippen LogP contribution in [-0.4, -0.2) is 33.3 Å². The number of rotatable bonds is 8. The molecule has 31 heavy (non-hydrogen) atoms. The molecule has 1 aliphatic carbocycles. The van der Waals surface area contributed by atoms with Gasteiger partial charge in [-0.3, -0.25) is 9.36 Å². The van der Waals surface area contributed by atoms with E-state index < -0.39 is 0 Å². The first kappa shape index (κ1) is 21.7. The predicted octanol–water partition coefficient (Wildman–Crippen LogP) is 3.67. The van der Waals surface area contributed by atoms with E-state index in [0.717, 1.165) is 42.6 Å². The van der Waals surface area contributed by atoms with Gasteiger partial charge in [0.25, 0.3) is 5.56 Å². The average Bonchev–Trinajstić information content (AvgIpc) is 3.25.